The highest BCUT2D eigenvalue weighted by atomic mass is 16.2. The molecule has 100 valence electrons. The van der Waals surface area contributed by atoms with E-state index in [1.165, 1.54) is 0 Å². The van der Waals surface area contributed by atoms with Crippen LogP contribution in [0.25, 0.3) is 22.6 Å². The van der Waals surface area contributed by atoms with Gasteiger partial charge in [0.2, 0.25) is 0 Å². The fourth-order valence-corrected chi connectivity index (χ4v) is 2.69. The molecule has 0 fully saturated rings. The van der Waals surface area contributed by atoms with E-state index < -0.39 is 0 Å². The maximum atomic E-state index is 12.2. The number of rotatable bonds is 1. The summed E-state index contributed by atoms with van der Waals surface area (Å²) >= 11 is 0. The summed E-state index contributed by atoms with van der Waals surface area (Å²) in [6, 6.07) is 17.6. The number of fused-ring (bicyclic) bond motifs is 2. The second kappa shape index (κ2) is 4.56. The number of pyridine rings is 1. The van der Waals surface area contributed by atoms with Crippen molar-refractivity contribution in [2.45, 2.75) is 0 Å². The Hall–Kier alpha value is -2.94. The molecule has 3 nitrogen and oxygen atoms in total. The molecule has 1 aliphatic heterocycles. The Morgan fingerprint density at radius 2 is 1.86 bits per heavy atom. The van der Waals surface area contributed by atoms with Crippen LogP contribution in [0.1, 0.15) is 11.1 Å². The molecule has 21 heavy (non-hydrogen) atoms. The van der Waals surface area contributed by atoms with Crippen molar-refractivity contribution in [2.75, 3.05) is 5.32 Å². The van der Waals surface area contributed by atoms with E-state index in [1.54, 1.807) is 6.20 Å². The molecule has 0 saturated carbocycles. The number of para-hydroxylation sites is 1. The fraction of sp³-hybridized carbons (Fsp3) is 0. The van der Waals surface area contributed by atoms with E-state index >= 15 is 0 Å². The Balaban J connectivity index is 1.93. The smallest absolute Gasteiger partial charge is 0.256 e. The first-order chi connectivity index (χ1) is 10.3. The fourth-order valence-electron chi connectivity index (χ4n) is 2.69. The number of nitrogens with zero attached hydrogens (tertiary/aromatic N) is 1. The van der Waals surface area contributed by atoms with Gasteiger partial charge >= 0.3 is 0 Å². The molecule has 1 aromatic heterocycles. The predicted octanol–water partition coefficient (Wildman–Crippen LogP) is 3.73. The van der Waals surface area contributed by atoms with Gasteiger partial charge in [0.1, 0.15) is 0 Å². The van der Waals surface area contributed by atoms with Gasteiger partial charge in [0.25, 0.3) is 5.91 Å². The molecular weight excluding hydrogens is 260 g/mol. The van der Waals surface area contributed by atoms with Crippen LogP contribution in [0.4, 0.5) is 5.69 Å². The molecule has 0 atom stereocenters. The van der Waals surface area contributed by atoms with Crippen molar-refractivity contribution in [3.63, 3.8) is 0 Å². The molecular formula is C18H12N2O. The lowest BCUT2D eigenvalue weighted by Crippen LogP contribution is -2.03. The first kappa shape index (κ1) is 11.9. The first-order valence-corrected chi connectivity index (χ1v) is 6.79. The third-order valence-electron chi connectivity index (χ3n) is 3.69. The third-order valence-corrected chi connectivity index (χ3v) is 3.69. The van der Waals surface area contributed by atoms with Gasteiger partial charge in [-0.2, -0.15) is 0 Å². The SMILES string of the molecule is O=C1Nc2ccccc2C1=Cc1cccc2ncccc12. The third kappa shape index (κ3) is 1.91. The summed E-state index contributed by atoms with van der Waals surface area (Å²) < 4.78 is 0. The summed E-state index contributed by atoms with van der Waals surface area (Å²) in [7, 11) is 0. The van der Waals surface area contributed by atoms with Crippen molar-refractivity contribution in [1.82, 2.24) is 4.98 Å². The quantitative estimate of drug-likeness (QED) is 0.686. The Morgan fingerprint density at radius 3 is 2.81 bits per heavy atom. The number of carbonyl (C=O) groups excluding carboxylic acids is 1. The molecule has 2 aromatic carbocycles. The maximum Gasteiger partial charge on any atom is 0.256 e. The van der Waals surface area contributed by atoms with Gasteiger partial charge in [0, 0.05) is 28.4 Å². The zero-order valence-electron chi connectivity index (χ0n) is 11.2. The van der Waals surface area contributed by atoms with Crippen LogP contribution in [-0.2, 0) is 4.79 Å². The minimum Gasteiger partial charge on any atom is -0.321 e. The highest BCUT2D eigenvalue weighted by molar-refractivity contribution is 6.35. The lowest BCUT2D eigenvalue weighted by Gasteiger charge is -2.03. The first-order valence-electron chi connectivity index (χ1n) is 6.79. The number of hydrogen-bond acceptors (Lipinski definition) is 2. The molecule has 1 aliphatic rings. The van der Waals surface area contributed by atoms with Gasteiger partial charge in [0.05, 0.1) is 5.52 Å². The molecule has 4 rings (SSSR count). The number of carbonyl (C=O) groups is 1. The molecule has 1 N–H and O–H groups in total. The van der Waals surface area contributed by atoms with E-state index in [9.17, 15) is 4.79 Å². The Labute approximate surface area is 122 Å². The topological polar surface area (TPSA) is 42.0 Å². The lowest BCUT2D eigenvalue weighted by molar-refractivity contribution is -0.110. The molecule has 1 amide bonds. The highest BCUT2D eigenvalue weighted by Crippen LogP contribution is 2.33. The second-order valence-electron chi connectivity index (χ2n) is 4.98. The molecule has 0 bridgehead atoms. The number of anilines is 1. The van der Waals surface area contributed by atoms with Gasteiger partial charge < -0.3 is 5.32 Å². The number of nitrogens with one attached hydrogen (secondary N) is 1. The van der Waals surface area contributed by atoms with Crippen LogP contribution in [0, 0.1) is 0 Å². The van der Waals surface area contributed by atoms with Crippen molar-refractivity contribution in [2.24, 2.45) is 0 Å². The average Bonchev–Trinajstić information content (AvgIpc) is 2.84. The van der Waals surface area contributed by atoms with Crippen molar-refractivity contribution in [1.29, 1.82) is 0 Å². The van der Waals surface area contributed by atoms with Crippen LogP contribution in [-0.4, -0.2) is 10.9 Å². The van der Waals surface area contributed by atoms with Gasteiger partial charge in [-0.3, -0.25) is 9.78 Å². The molecule has 0 unspecified atom stereocenters. The van der Waals surface area contributed by atoms with Crippen LogP contribution in [0.3, 0.4) is 0 Å². The summed E-state index contributed by atoms with van der Waals surface area (Å²) in [5, 5.41) is 3.94. The number of hydrogen-bond donors (Lipinski definition) is 1. The highest BCUT2D eigenvalue weighted by Gasteiger charge is 2.23. The van der Waals surface area contributed by atoms with Crippen molar-refractivity contribution < 1.29 is 4.79 Å². The van der Waals surface area contributed by atoms with Gasteiger partial charge in [-0.05, 0) is 29.8 Å². The molecule has 0 spiro atoms. The average molecular weight is 272 g/mol. The minimum absolute atomic E-state index is 0.0582. The zero-order chi connectivity index (χ0) is 14.2. The van der Waals surface area contributed by atoms with Crippen LogP contribution < -0.4 is 5.32 Å². The summed E-state index contributed by atoms with van der Waals surface area (Å²) in [6.07, 6.45) is 3.71. The Kier molecular flexibility index (Phi) is 2.57. The molecule has 2 heterocycles. The normalized spacial score (nSPS) is 15.2. The predicted molar refractivity (Wildman–Crippen MR) is 84.7 cm³/mol. The summed E-state index contributed by atoms with van der Waals surface area (Å²) in [4.78, 5) is 16.5. The minimum atomic E-state index is -0.0582. The lowest BCUT2D eigenvalue weighted by atomic mass is 10.0. The Morgan fingerprint density at radius 1 is 0.952 bits per heavy atom. The molecule has 3 aromatic rings. The van der Waals surface area contributed by atoms with E-state index in [0.717, 1.165) is 27.7 Å². The monoisotopic (exact) mass is 272 g/mol. The summed E-state index contributed by atoms with van der Waals surface area (Å²) in [5.74, 6) is -0.0582. The number of benzene rings is 2. The van der Waals surface area contributed by atoms with Crippen LogP contribution in [0.5, 0.6) is 0 Å². The molecule has 3 heteroatoms. The van der Waals surface area contributed by atoms with Crippen LogP contribution in [0.15, 0.2) is 60.8 Å². The zero-order valence-corrected chi connectivity index (χ0v) is 11.2. The van der Waals surface area contributed by atoms with E-state index in [-0.39, 0.29) is 5.91 Å². The number of amides is 1. The van der Waals surface area contributed by atoms with Gasteiger partial charge in [-0.15, -0.1) is 0 Å². The number of aromatic nitrogens is 1. The van der Waals surface area contributed by atoms with E-state index in [0.29, 0.717) is 5.57 Å². The van der Waals surface area contributed by atoms with Crippen molar-refractivity contribution in [3.05, 3.63) is 71.9 Å². The second-order valence-corrected chi connectivity index (χ2v) is 4.98. The van der Waals surface area contributed by atoms with Crippen molar-refractivity contribution >= 4 is 34.1 Å². The van der Waals surface area contributed by atoms with Crippen LogP contribution in [0.2, 0.25) is 0 Å². The van der Waals surface area contributed by atoms with Gasteiger partial charge in [-0.25, -0.2) is 0 Å². The standard InChI is InChI=1S/C18H12N2O/c21-18-15(14-6-1-2-8-17(14)20-18)11-12-5-3-9-16-13(12)7-4-10-19-16/h1-11H,(H,20,21). The Bertz CT molecular complexity index is 891. The summed E-state index contributed by atoms with van der Waals surface area (Å²) in [5.41, 5.74) is 4.44. The van der Waals surface area contributed by atoms with E-state index in [1.807, 2.05) is 60.7 Å². The van der Waals surface area contributed by atoms with Crippen LogP contribution >= 0.6 is 0 Å². The molecule has 0 saturated heterocycles. The van der Waals surface area contributed by atoms with E-state index in [2.05, 4.69) is 10.3 Å². The summed E-state index contributed by atoms with van der Waals surface area (Å²) in [6.45, 7) is 0. The van der Waals surface area contributed by atoms with E-state index in [4.69, 9.17) is 0 Å². The van der Waals surface area contributed by atoms with Gasteiger partial charge in [-0.1, -0.05) is 36.4 Å². The van der Waals surface area contributed by atoms with Gasteiger partial charge in [0.15, 0.2) is 0 Å². The maximum absolute atomic E-state index is 12.2. The molecule has 0 radical (unpaired) electrons. The van der Waals surface area contributed by atoms with Crippen molar-refractivity contribution in [3.8, 4) is 0 Å². The largest absolute Gasteiger partial charge is 0.321 e. The molecule has 0 aliphatic carbocycles.